The molecule has 1 N–H and O–H groups in total. The molecule has 0 amide bonds. The smallest absolute Gasteiger partial charge is 0.0195 e. The van der Waals surface area contributed by atoms with Gasteiger partial charge in [-0.05, 0) is 13.5 Å². The number of nitrogens with one attached hydrogen (secondary N) is 1. The van der Waals surface area contributed by atoms with E-state index < -0.39 is 0 Å². The second kappa shape index (κ2) is 4.73. The van der Waals surface area contributed by atoms with Crippen molar-refractivity contribution in [3.8, 4) is 0 Å². The highest BCUT2D eigenvalue weighted by molar-refractivity contribution is 4.75. The SMILES string of the molecule is CCCCC1CN(C)CCN1. The van der Waals surface area contributed by atoms with Crippen molar-refractivity contribution < 1.29 is 0 Å². The van der Waals surface area contributed by atoms with Gasteiger partial charge in [0.05, 0.1) is 0 Å². The number of hydrogen-bond acceptors (Lipinski definition) is 2. The molecule has 2 heteroatoms. The summed E-state index contributed by atoms with van der Waals surface area (Å²) in [4.78, 5) is 2.41. The summed E-state index contributed by atoms with van der Waals surface area (Å²) >= 11 is 0. The average molecular weight is 156 g/mol. The summed E-state index contributed by atoms with van der Waals surface area (Å²) in [6.45, 7) is 5.88. The molecule has 2 nitrogen and oxygen atoms in total. The Balaban J connectivity index is 2.12. The minimum Gasteiger partial charge on any atom is -0.311 e. The molecule has 1 atom stereocenters. The number of unbranched alkanes of at least 4 members (excludes halogenated alkanes) is 1. The highest BCUT2D eigenvalue weighted by Crippen LogP contribution is 2.04. The normalized spacial score (nSPS) is 27.3. The number of piperazine rings is 1. The van der Waals surface area contributed by atoms with Crippen LogP contribution in [-0.4, -0.2) is 37.6 Å². The van der Waals surface area contributed by atoms with E-state index in [2.05, 4.69) is 24.2 Å². The van der Waals surface area contributed by atoms with Crippen LogP contribution in [0.1, 0.15) is 26.2 Å². The molecule has 0 aliphatic carbocycles. The maximum Gasteiger partial charge on any atom is 0.0195 e. The first-order valence-corrected chi connectivity index (χ1v) is 4.75. The Hall–Kier alpha value is -0.0800. The summed E-state index contributed by atoms with van der Waals surface area (Å²) in [6, 6.07) is 0.758. The summed E-state index contributed by atoms with van der Waals surface area (Å²) in [5.74, 6) is 0. The quantitative estimate of drug-likeness (QED) is 0.658. The number of rotatable bonds is 3. The fraction of sp³-hybridized carbons (Fsp3) is 1.00. The Kier molecular flexibility index (Phi) is 3.87. The molecule has 1 heterocycles. The summed E-state index contributed by atoms with van der Waals surface area (Å²) < 4.78 is 0. The van der Waals surface area contributed by atoms with Crippen LogP contribution in [0.3, 0.4) is 0 Å². The molecule has 0 aromatic rings. The lowest BCUT2D eigenvalue weighted by Crippen LogP contribution is -2.48. The predicted octanol–water partition coefficient (Wildman–Crippen LogP) is 1.08. The maximum absolute atomic E-state index is 3.54. The maximum atomic E-state index is 3.54. The zero-order valence-corrected chi connectivity index (χ0v) is 7.77. The lowest BCUT2D eigenvalue weighted by atomic mass is 10.1. The molecule has 11 heavy (non-hydrogen) atoms. The largest absolute Gasteiger partial charge is 0.311 e. The van der Waals surface area contributed by atoms with E-state index in [4.69, 9.17) is 0 Å². The summed E-state index contributed by atoms with van der Waals surface area (Å²) in [5.41, 5.74) is 0. The molecule has 0 saturated carbocycles. The number of nitrogens with zero attached hydrogens (tertiary/aromatic N) is 1. The number of likely N-dealkylation sites (N-methyl/N-ethyl adjacent to an activating group) is 1. The molecule has 1 unspecified atom stereocenters. The van der Waals surface area contributed by atoms with Crippen molar-refractivity contribution in [3.63, 3.8) is 0 Å². The minimum atomic E-state index is 0.758. The van der Waals surface area contributed by atoms with Gasteiger partial charge in [-0.1, -0.05) is 19.8 Å². The standard InChI is InChI=1S/C9H20N2/c1-3-4-5-9-8-11(2)7-6-10-9/h9-10H,3-8H2,1-2H3. The van der Waals surface area contributed by atoms with E-state index in [0.717, 1.165) is 6.04 Å². The molecule has 1 aliphatic rings. The molecule has 0 bridgehead atoms. The van der Waals surface area contributed by atoms with Gasteiger partial charge in [0.1, 0.15) is 0 Å². The van der Waals surface area contributed by atoms with Gasteiger partial charge < -0.3 is 10.2 Å². The zero-order valence-electron chi connectivity index (χ0n) is 7.77. The van der Waals surface area contributed by atoms with Crippen molar-refractivity contribution in [2.45, 2.75) is 32.2 Å². The van der Waals surface area contributed by atoms with Gasteiger partial charge in [0.25, 0.3) is 0 Å². The first kappa shape index (κ1) is 9.01. The van der Waals surface area contributed by atoms with Crippen LogP contribution in [0.2, 0.25) is 0 Å². The van der Waals surface area contributed by atoms with E-state index in [1.807, 2.05) is 0 Å². The minimum absolute atomic E-state index is 0.758. The lowest BCUT2D eigenvalue weighted by molar-refractivity contribution is 0.230. The van der Waals surface area contributed by atoms with Crippen LogP contribution in [0.5, 0.6) is 0 Å². The van der Waals surface area contributed by atoms with Crippen molar-refractivity contribution in [2.24, 2.45) is 0 Å². The Morgan fingerprint density at radius 2 is 2.36 bits per heavy atom. The van der Waals surface area contributed by atoms with Crippen LogP contribution in [0.4, 0.5) is 0 Å². The molecule has 66 valence electrons. The summed E-state index contributed by atoms with van der Waals surface area (Å²) in [7, 11) is 2.21. The highest BCUT2D eigenvalue weighted by Gasteiger charge is 2.14. The molecule has 0 aromatic heterocycles. The van der Waals surface area contributed by atoms with Gasteiger partial charge in [0, 0.05) is 25.7 Å². The van der Waals surface area contributed by atoms with Crippen molar-refractivity contribution in [1.29, 1.82) is 0 Å². The van der Waals surface area contributed by atoms with Gasteiger partial charge in [-0.15, -0.1) is 0 Å². The van der Waals surface area contributed by atoms with E-state index in [9.17, 15) is 0 Å². The highest BCUT2D eigenvalue weighted by atomic mass is 15.2. The molecule has 1 saturated heterocycles. The molecule has 1 aliphatic heterocycles. The zero-order chi connectivity index (χ0) is 8.10. The van der Waals surface area contributed by atoms with Gasteiger partial charge in [-0.3, -0.25) is 0 Å². The van der Waals surface area contributed by atoms with Crippen LogP contribution < -0.4 is 5.32 Å². The van der Waals surface area contributed by atoms with Gasteiger partial charge in [0.15, 0.2) is 0 Å². The van der Waals surface area contributed by atoms with Gasteiger partial charge in [-0.25, -0.2) is 0 Å². The van der Waals surface area contributed by atoms with Crippen molar-refractivity contribution in [3.05, 3.63) is 0 Å². The molecule has 1 rings (SSSR count). The molecule has 1 fully saturated rings. The molecular formula is C9H20N2. The molecule has 0 aromatic carbocycles. The van der Waals surface area contributed by atoms with Crippen molar-refractivity contribution in [2.75, 3.05) is 26.7 Å². The van der Waals surface area contributed by atoms with Crippen LogP contribution >= 0.6 is 0 Å². The molecular weight excluding hydrogens is 136 g/mol. The van der Waals surface area contributed by atoms with Gasteiger partial charge in [0.2, 0.25) is 0 Å². The second-order valence-electron chi connectivity index (χ2n) is 3.56. The topological polar surface area (TPSA) is 15.3 Å². The third-order valence-electron chi connectivity index (χ3n) is 2.36. The van der Waals surface area contributed by atoms with E-state index >= 15 is 0 Å². The summed E-state index contributed by atoms with van der Waals surface area (Å²) in [5, 5.41) is 3.54. The van der Waals surface area contributed by atoms with E-state index in [1.165, 1.54) is 38.9 Å². The predicted molar refractivity (Wildman–Crippen MR) is 48.8 cm³/mol. The van der Waals surface area contributed by atoms with Gasteiger partial charge >= 0.3 is 0 Å². The average Bonchev–Trinajstić information content (AvgIpc) is 2.01. The van der Waals surface area contributed by atoms with E-state index in [1.54, 1.807) is 0 Å². The second-order valence-corrected chi connectivity index (χ2v) is 3.56. The van der Waals surface area contributed by atoms with Gasteiger partial charge in [-0.2, -0.15) is 0 Å². The van der Waals surface area contributed by atoms with Crippen LogP contribution in [0.15, 0.2) is 0 Å². The number of hydrogen-bond donors (Lipinski definition) is 1. The third kappa shape index (κ3) is 3.21. The Morgan fingerprint density at radius 1 is 1.55 bits per heavy atom. The summed E-state index contributed by atoms with van der Waals surface area (Å²) in [6.07, 6.45) is 4.04. The Labute approximate surface area is 70.0 Å². The molecule has 0 radical (unpaired) electrons. The van der Waals surface area contributed by atoms with E-state index in [0.29, 0.717) is 0 Å². The van der Waals surface area contributed by atoms with Crippen LogP contribution in [-0.2, 0) is 0 Å². The van der Waals surface area contributed by atoms with Crippen molar-refractivity contribution in [1.82, 2.24) is 10.2 Å². The first-order chi connectivity index (χ1) is 5.33. The van der Waals surface area contributed by atoms with Crippen molar-refractivity contribution >= 4 is 0 Å². The lowest BCUT2D eigenvalue weighted by Gasteiger charge is -2.30. The molecule has 0 spiro atoms. The Bertz CT molecular complexity index is 104. The first-order valence-electron chi connectivity index (χ1n) is 4.75. The van der Waals surface area contributed by atoms with Crippen LogP contribution in [0, 0.1) is 0 Å². The fourth-order valence-electron chi connectivity index (χ4n) is 1.64. The van der Waals surface area contributed by atoms with Crippen LogP contribution in [0.25, 0.3) is 0 Å². The Morgan fingerprint density at radius 3 is 3.00 bits per heavy atom. The fourth-order valence-corrected chi connectivity index (χ4v) is 1.64. The van der Waals surface area contributed by atoms with E-state index in [-0.39, 0.29) is 0 Å². The third-order valence-corrected chi connectivity index (χ3v) is 2.36. The monoisotopic (exact) mass is 156 g/mol.